The van der Waals surface area contributed by atoms with Crippen molar-refractivity contribution >= 4 is 23.1 Å². The highest BCUT2D eigenvalue weighted by Gasteiger charge is 2.10. The topological polar surface area (TPSA) is 12.0 Å². The largest absolute Gasteiger partial charge is 0.316 e. The minimum absolute atomic E-state index is 0.607. The number of nitrogens with one attached hydrogen (secondary N) is 1. The second-order valence-corrected chi connectivity index (χ2v) is 7.16. The minimum Gasteiger partial charge on any atom is -0.316 e. The summed E-state index contributed by atoms with van der Waals surface area (Å²) in [6, 6.07) is 5.16. The summed E-state index contributed by atoms with van der Waals surface area (Å²) in [6.45, 7) is 6.75. The Morgan fingerprint density at radius 3 is 2.50 bits per heavy atom. The number of hydrogen-bond acceptors (Lipinski definition) is 3. The Bertz CT molecular complexity index is 294. The van der Waals surface area contributed by atoms with Crippen molar-refractivity contribution in [2.45, 2.75) is 44.9 Å². The Balaban J connectivity index is 2.42. The number of hydrogen-bond donors (Lipinski definition) is 1. The second kappa shape index (κ2) is 7.36. The lowest BCUT2D eigenvalue weighted by atomic mass is 10.2. The van der Waals surface area contributed by atoms with Crippen LogP contribution in [0.5, 0.6) is 0 Å². The van der Waals surface area contributed by atoms with E-state index in [0.717, 1.165) is 11.7 Å². The quantitative estimate of drug-likeness (QED) is 0.801. The van der Waals surface area contributed by atoms with Crippen LogP contribution >= 0.6 is 23.1 Å². The molecule has 1 aromatic rings. The lowest BCUT2D eigenvalue weighted by Crippen LogP contribution is -2.30. The molecule has 1 aromatic heterocycles. The molecule has 1 nitrogen and oxygen atoms in total. The van der Waals surface area contributed by atoms with Crippen molar-refractivity contribution in [3.8, 4) is 0 Å². The third kappa shape index (κ3) is 4.89. The Kier molecular flexibility index (Phi) is 6.47. The van der Waals surface area contributed by atoms with Gasteiger partial charge < -0.3 is 5.32 Å². The zero-order valence-electron chi connectivity index (χ0n) is 10.7. The highest BCUT2D eigenvalue weighted by molar-refractivity contribution is 7.99. The van der Waals surface area contributed by atoms with Crippen LogP contribution in [0.25, 0.3) is 0 Å². The first-order valence-corrected chi connectivity index (χ1v) is 7.88. The van der Waals surface area contributed by atoms with Gasteiger partial charge >= 0.3 is 0 Å². The van der Waals surface area contributed by atoms with Crippen LogP contribution in [0.2, 0.25) is 0 Å². The van der Waals surface area contributed by atoms with Crippen LogP contribution in [-0.4, -0.2) is 24.1 Å². The summed E-state index contributed by atoms with van der Waals surface area (Å²) in [5, 5.41) is 4.15. The molecule has 0 aliphatic carbocycles. The maximum Gasteiger partial charge on any atom is 0.0203 e. The first kappa shape index (κ1) is 14.1. The van der Waals surface area contributed by atoms with Crippen molar-refractivity contribution in [3.63, 3.8) is 0 Å². The molecule has 92 valence electrons. The van der Waals surface area contributed by atoms with Gasteiger partial charge in [0, 0.05) is 21.5 Å². The van der Waals surface area contributed by atoms with E-state index in [0.29, 0.717) is 6.04 Å². The van der Waals surface area contributed by atoms with Crippen molar-refractivity contribution < 1.29 is 0 Å². The van der Waals surface area contributed by atoms with Crippen molar-refractivity contribution in [3.05, 3.63) is 21.9 Å². The average Bonchev–Trinajstić information content (AvgIpc) is 2.71. The van der Waals surface area contributed by atoms with Gasteiger partial charge in [-0.25, -0.2) is 0 Å². The molecule has 0 bridgehead atoms. The standard InChI is InChI=1S/C13H23NS2/c1-5-12-6-7-13(16-12)8-11(14-4)9-15-10(2)3/h6-7,10-11,14H,5,8-9H2,1-4H3. The summed E-state index contributed by atoms with van der Waals surface area (Å²) >= 11 is 4.00. The number of aryl methyl sites for hydroxylation is 1. The van der Waals surface area contributed by atoms with Crippen LogP contribution in [0.4, 0.5) is 0 Å². The van der Waals surface area contributed by atoms with E-state index in [1.807, 2.05) is 23.1 Å². The van der Waals surface area contributed by atoms with Crippen molar-refractivity contribution in [2.24, 2.45) is 0 Å². The first-order chi connectivity index (χ1) is 7.65. The van der Waals surface area contributed by atoms with Crippen LogP contribution in [0.15, 0.2) is 12.1 Å². The van der Waals surface area contributed by atoms with Crippen LogP contribution < -0.4 is 5.32 Å². The number of rotatable bonds is 7. The smallest absolute Gasteiger partial charge is 0.0203 e. The van der Waals surface area contributed by atoms with Crippen LogP contribution in [0.3, 0.4) is 0 Å². The Morgan fingerprint density at radius 2 is 2.00 bits per heavy atom. The van der Waals surface area contributed by atoms with E-state index in [1.165, 1.54) is 21.9 Å². The van der Waals surface area contributed by atoms with E-state index >= 15 is 0 Å². The molecule has 0 amide bonds. The van der Waals surface area contributed by atoms with Gasteiger partial charge in [0.15, 0.2) is 0 Å². The van der Waals surface area contributed by atoms with Gasteiger partial charge in [-0.1, -0.05) is 20.8 Å². The molecular weight excluding hydrogens is 234 g/mol. The van der Waals surface area contributed by atoms with Gasteiger partial charge in [0.2, 0.25) is 0 Å². The summed E-state index contributed by atoms with van der Waals surface area (Å²) in [5.41, 5.74) is 0. The molecule has 0 fully saturated rings. The molecule has 16 heavy (non-hydrogen) atoms. The number of thiophene rings is 1. The monoisotopic (exact) mass is 257 g/mol. The van der Waals surface area contributed by atoms with Crippen molar-refractivity contribution in [1.82, 2.24) is 5.32 Å². The summed E-state index contributed by atoms with van der Waals surface area (Å²) < 4.78 is 0. The molecule has 0 aromatic carbocycles. The average molecular weight is 257 g/mol. The predicted octanol–water partition coefficient (Wildman–Crippen LogP) is 3.58. The van der Waals surface area contributed by atoms with E-state index in [9.17, 15) is 0 Å². The fraction of sp³-hybridized carbons (Fsp3) is 0.692. The van der Waals surface area contributed by atoms with E-state index in [4.69, 9.17) is 0 Å². The molecule has 1 heterocycles. The van der Waals surface area contributed by atoms with Gasteiger partial charge in [0.25, 0.3) is 0 Å². The van der Waals surface area contributed by atoms with E-state index in [-0.39, 0.29) is 0 Å². The van der Waals surface area contributed by atoms with Gasteiger partial charge in [0.1, 0.15) is 0 Å². The highest BCUT2D eigenvalue weighted by atomic mass is 32.2. The third-order valence-electron chi connectivity index (χ3n) is 2.55. The Hall–Kier alpha value is 0.01000. The molecule has 0 saturated heterocycles. The number of thioether (sulfide) groups is 1. The summed E-state index contributed by atoms with van der Waals surface area (Å²) in [6.07, 6.45) is 2.33. The molecule has 3 heteroatoms. The molecule has 0 spiro atoms. The molecule has 1 unspecified atom stereocenters. The maximum atomic E-state index is 3.42. The highest BCUT2D eigenvalue weighted by Crippen LogP contribution is 2.20. The van der Waals surface area contributed by atoms with Crippen LogP contribution in [-0.2, 0) is 12.8 Å². The van der Waals surface area contributed by atoms with Crippen LogP contribution in [0.1, 0.15) is 30.5 Å². The number of likely N-dealkylation sites (N-methyl/N-ethyl adjacent to an activating group) is 1. The molecule has 1 N–H and O–H groups in total. The zero-order valence-corrected chi connectivity index (χ0v) is 12.4. The molecular formula is C13H23NS2. The second-order valence-electron chi connectivity index (χ2n) is 4.29. The first-order valence-electron chi connectivity index (χ1n) is 6.02. The third-order valence-corrected chi connectivity index (χ3v) is 5.07. The van der Waals surface area contributed by atoms with Crippen LogP contribution in [0, 0.1) is 0 Å². The molecule has 0 aliphatic heterocycles. The van der Waals surface area contributed by atoms with Crippen molar-refractivity contribution in [1.29, 1.82) is 0 Å². The van der Waals surface area contributed by atoms with Gasteiger partial charge in [-0.3, -0.25) is 0 Å². The maximum absolute atomic E-state index is 3.42. The lowest BCUT2D eigenvalue weighted by Gasteiger charge is -2.16. The van der Waals surface area contributed by atoms with Crippen molar-refractivity contribution in [2.75, 3.05) is 12.8 Å². The minimum atomic E-state index is 0.607. The van der Waals surface area contributed by atoms with Gasteiger partial charge in [-0.05, 0) is 37.3 Å². The van der Waals surface area contributed by atoms with Gasteiger partial charge in [-0.2, -0.15) is 11.8 Å². The molecule has 1 atom stereocenters. The van der Waals surface area contributed by atoms with Gasteiger partial charge in [0.05, 0.1) is 0 Å². The van der Waals surface area contributed by atoms with Gasteiger partial charge in [-0.15, -0.1) is 11.3 Å². The van der Waals surface area contributed by atoms with E-state index in [2.05, 4.69) is 45.3 Å². The summed E-state index contributed by atoms with van der Waals surface area (Å²) in [5.74, 6) is 1.20. The van der Waals surface area contributed by atoms with E-state index in [1.54, 1.807) is 0 Å². The Morgan fingerprint density at radius 1 is 1.31 bits per heavy atom. The van der Waals surface area contributed by atoms with E-state index < -0.39 is 0 Å². The summed E-state index contributed by atoms with van der Waals surface area (Å²) in [7, 11) is 2.07. The SMILES string of the molecule is CCc1ccc(CC(CSC(C)C)NC)s1. The molecule has 0 radical (unpaired) electrons. The zero-order chi connectivity index (χ0) is 12.0. The fourth-order valence-electron chi connectivity index (χ4n) is 1.52. The molecule has 1 rings (SSSR count). The normalized spacial score (nSPS) is 13.3. The predicted molar refractivity (Wildman–Crippen MR) is 77.8 cm³/mol. The fourth-order valence-corrected chi connectivity index (χ4v) is 3.46. The Labute approximate surface area is 108 Å². The lowest BCUT2D eigenvalue weighted by molar-refractivity contribution is 0.621. The molecule has 0 aliphatic rings. The molecule has 0 saturated carbocycles. The summed E-state index contributed by atoms with van der Waals surface area (Å²) in [4.78, 5) is 3.02.